The first kappa shape index (κ1) is 20.6. The van der Waals surface area contributed by atoms with Crippen molar-refractivity contribution in [1.82, 2.24) is 4.72 Å². The number of hydrogen-bond acceptors (Lipinski definition) is 4. The summed E-state index contributed by atoms with van der Waals surface area (Å²) in [5.41, 5.74) is -0.754. The molecule has 0 aromatic rings. The first-order chi connectivity index (χ1) is 12.6. The SMILES string of the molecule is C=S(=O)(NC1CCC(C)(C(=O)OCC)CC1)C1=CC2(C)CC2(OCC)C=C1.[HH]. The lowest BCUT2D eigenvalue weighted by molar-refractivity contribution is -0.156. The van der Waals surface area contributed by atoms with Crippen LogP contribution in [-0.4, -0.2) is 40.9 Å². The molecule has 0 radical (unpaired) electrons. The molecular formula is C21H35NO4S. The Kier molecular flexibility index (Phi) is 5.38. The first-order valence-electron chi connectivity index (χ1n) is 9.97. The van der Waals surface area contributed by atoms with Gasteiger partial charge in [-0.25, -0.2) is 8.93 Å². The molecule has 1 N–H and O–H groups in total. The zero-order valence-corrected chi connectivity index (χ0v) is 17.8. The van der Waals surface area contributed by atoms with Gasteiger partial charge in [-0.05, 0) is 64.8 Å². The third-order valence-electron chi connectivity index (χ3n) is 6.45. The van der Waals surface area contributed by atoms with Gasteiger partial charge in [0, 0.05) is 24.4 Å². The Labute approximate surface area is 165 Å². The molecule has 0 aromatic heterocycles. The summed E-state index contributed by atoms with van der Waals surface area (Å²) in [6.07, 6.45) is 10.0. The molecule has 6 heteroatoms. The van der Waals surface area contributed by atoms with Crippen LogP contribution in [0.4, 0.5) is 0 Å². The smallest absolute Gasteiger partial charge is 0.311 e. The quantitative estimate of drug-likeness (QED) is 0.526. The number of hydrogen-bond donors (Lipinski definition) is 1. The van der Waals surface area contributed by atoms with Gasteiger partial charge in [0.25, 0.3) is 0 Å². The maximum atomic E-state index is 13.3. The van der Waals surface area contributed by atoms with Gasteiger partial charge in [0.15, 0.2) is 0 Å². The van der Waals surface area contributed by atoms with E-state index in [4.69, 9.17) is 9.47 Å². The number of esters is 1. The largest absolute Gasteiger partial charge is 0.466 e. The molecule has 5 nitrogen and oxygen atoms in total. The molecule has 3 aliphatic carbocycles. The van der Waals surface area contributed by atoms with Crippen LogP contribution in [0.5, 0.6) is 0 Å². The van der Waals surface area contributed by atoms with Crippen molar-refractivity contribution >= 4 is 21.5 Å². The molecule has 0 saturated heterocycles. The van der Waals surface area contributed by atoms with E-state index in [-0.39, 0.29) is 24.5 Å². The van der Waals surface area contributed by atoms with Gasteiger partial charge in [-0.3, -0.25) is 4.79 Å². The second kappa shape index (κ2) is 7.05. The number of rotatable bonds is 7. The van der Waals surface area contributed by atoms with Crippen LogP contribution < -0.4 is 4.72 Å². The maximum absolute atomic E-state index is 13.3. The van der Waals surface area contributed by atoms with Crippen LogP contribution >= 0.6 is 0 Å². The van der Waals surface area contributed by atoms with Crippen molar-refractivity contribution in [1.29, 1.82) is 0 Å². The lowest BCUT2D eigenvalue weighted by Crippen LogP contribution is -2.43. The second-order valence-electron chi connectivity index (χ2n) is 8.65. The van der Waals surface area contributed by atoms with Gasteiger partial charge in [-0.2, -0.15) is 0 Å². The Morgan fingerprint density at radius 1 is 1.33 bits per heavy atom. The minimum Gasteiger partial charge on any atom is -0.466 e. The van der Waals surface area contributed by atoms with Crippen molar-refractivity contribution in [3.05, 3.63) is 23.1 Å². The van der Waals surface area contributed by atoms with E-state index in [2.05, 4.69) is 29.7 Å². The lowest BCUT2D eigenvalue weighted by atomic mass is 9.74. The van der Waals surface area contributed by atoms with Crippen molar-refractivity contribution in [2.75, 3.05) is 13.2 Å². The van der Waals surface area contributed by atoms with E-state index in [9.17, 15) is 9.00 Å². The van der Waals surface area contributed by atoms with Crippen molar-refractivity contribution < 1.29 is 19.9 Å². The van der Waals surface area contributed by atoms with Crippen LogP contribution in [0, 0.1) is 10.8 Å². The van der Waals surface area contributed by atoms with Crippen LogP contribution in [0.2, 0.25) is 0 Å². The van der Waals surface area contributed by atoms with Gasteiger partial charge in [-0.1, -0.05) is 19.1 Å². The number of carbonyl (C=O) groups excluding carboxylic acids is 1. The summed E-state index contributed by atoms with van der Waals surface area (Å²) in [5.74, 6) is 3.89. The first-order valence-corrected chi connectivity index (χ1v) is 11.7. The number of allylic oxidation sites excluding steroid dienone is 1. The van der Waals surface area contributed by atoms with E-state index < -0.39 is 15.1 Å². The van der Waals surface area contributed by atoms with Crippen molar-refractivity contribution in [3.63, 3.8) is 0 Å². The van der Waals surface area contributed by atoms with Gasteiger partial charge in [-0.15, -0.1) is 0 Å². The number of fused-ring (bicyclic) bond motifs is 1. The molecule has 0 spiro atoms. The van der Waals surface area contributed by atoms with E-state index in [1.54, 1.807) is 0 Å². The topological polar surface area (TPSA) is 64.6 Å². The van der Waals surface area contributed by atoms with Crippen LogP contribution in [-0.2, 0) is 24.0 Å². The maximum Gasteiger partial charge on any atom is 0.311 e. The zero-order chi connectivity index (χ0) is 19.9. The standard InChI is InChI=1S/C21H33NO4S.H2/c1-6-25-18(23)19(3)11-8-16(9-12-19)22-27(5,24)17-10-13-21(26-7-2)15-20(21,4)14-17;/h10,13-14,16H,5-9,11-12,15H2,1-4H3,(H,22,24);1H. The van der Waals surface area contributed by atoms with Crippen LogP contribution in [0.15, 0.2) is 23.1 Å². The molecule has 0 bridgehead atoms. The third-order valence-corrected chi connectivity index (χ3v) is 8.18. The summed E-state index contributed by atoms with van der Waals surface area (Å²) in [5, 5.41) is 0. The Balaban J connectivity index is 0.00000280. The summed E-state index contributed by atoms with van der Waals surface area (Å²) in [4.78, 5) is 12.9. The van der Waals surface area contributed by atoms with Gasteiger partial charge in [0.2, 0.25) is 0 Å². The highest BCUT2D eigenvalue weighted by atomic mass is 32.2. The summed E-state index contributed by atoms with van der Waals surface area (Å²) in [6.45, 7) is 9.02. The Hall–Kier alpha value is -1.11. The fourth-order valence-electron chi connectivity index (χ4n) is 4.45. The average molecular weight is 398 g/mol. The minimum absolute atomic E-state index is 0. The fourth-order valence-corrected chi connectivity index (χ4v) is 6.10. The third kappa shape index (κ3) is 3.76. The summed E-state index contributed by atoms with van der Waals surface area (Å²) >= 11 is 0. The lowest BCUT2D eigenvalue weighted by Gasteiger charge is -2.36. The van der Waals surface area contributed by atoms with Crippen LogP contribution in [0.3, 0.4) is 0 Å². The molecular weight excluding hydrogens is 362 g/mol. The normalized spacial score (nSPS) is 39.9. The Morgan fingerprint density at radius 2 is 2.00 bits per heavy atom. The molecule has 0 aliphatic heterocycles. The summed E-state index contributed by atoms with van der Waals surface area (Å²) < 4.78 is 27.7. The average Bonchev–Trinajstić information content (AvgIpc) is 3.22. The molecule has 27 heavy (non-hydrogen) atoms. The Morgan fingerprint density at radius 3 is 2.56 bits per heavy atom. The van der Waals surface area contributed by atoms with Crippen molar-refractivity contribution in [2.24, 2.45) is 10.8 Å². The molecule has 2 saturated carbocycles. The number of carbonyl (C=O) groups is 1. The summed E-state index contributed by atoms with van der Waals surface area (Å²) in [6, 6.07) is 0.0948. The van der Waals surface area contributed by atoms with Crippen LogP contribution in [0.1, 0.15) is 61.2 Å². The van der Waals surface area contributed by atoms with Crippen LogP contribution in [0.25, 0.3) is 0 Å². The minimum atomic E-state index is -2.58. The highest BCUT2D eigenvalue weighted by Gasteiger charge is 2.64. The highest BCUT2D eigenvalue weighted by Crippen LogP contribution is 2.63. The van der Waals surface area contributed by atoms with Gasteiger partial charge < -0.3 is 9.47 Å². The van der Waals surface area contributed by atoms with E-state index >= 15 is 0 Å². The van der Waals surface area contributed by atoms with E-state index in [1.807, 2.05) is 26.8 Å². The summed E-state index contributed by atoms with van der Waals surface area (Å²) in [7, 11) is -2.58. The predicted octanol–water partition coefficient (Wildman–Crippen LogP) is 3.60. The van der Waals surface area contributed by atoms with Gasteiger partial charge >= 0.3 is 5.97 Å². The predicted molar refractivity (Wildman–Crippen MR) is 112 cm³/mol. The molecule has 3 aliphatic rings. The molecule has 0 amide bonds. The number of ether oxygens (including phenoxy) is 2. The van der Waals surface area contributed by atoms with E-state index in [0.29, 0.717) is 13.2 Å². The molecule has 3 rings (SSSR count). The fraction of sp³-hybridized carbons (Fsp3) is 0.714. The molecule has 0 aromatic carbocycles. The molecule has 0 heterocycles. The van der Waals surface area contributed by atoms with Gasteiger partial charge in [0.1, 0.15) is 0 Å². The molecule has 154 valence electrons. The number of nitrogens with one attached hydrogen (secondary N) is 1. The van der Waals surface area contributed by atoms with E-state index in [1.165, 1.54) is 0 Å². The Bertz CT molecular complexity index is 767. The second-order valence-corrected chi connectivity index (χ2v) is 10.7. The molecule has 3 atom stereocenters. The van der Waals surface area contributed by atoms with Crippen molar-refractivity contribution in [3.8, 4) is 0 Å². The monoisotopic (exact) mass is 397 g/mol. The van der Waals surface area contributed by atoms with Gasteiger partial charge in [0.05, 0.1) is 27.3 Å². The molecule has 2 fully saturated rings. The molecule has 3 unspecified atom stereocenters. The van der Waals surface area contributed by atoms with E-state index in [0.717, 1.165) is 37.0 Å². The zero-order valence-electron chi connectivity index (χ0n) is 17.0. The van der Waals surface area contributed by atoms with Crippen molar-refractivity contribution in [2.45, 2.75) is 71.4 Å². The highest BCUT2D eigenvalue weighted by molar-refractivity contribution is 8.02.